The molecule has 1 aromatic carbocycles. The van der Waals surface area contributed by atoms with Gasteiger partial charge in [-0.2, -0.15) is 4.98 Å². The number of hydrogen-bond donors (Lipinski definition) is 0. The van der Waals surface area contributed by atoms with Crippen LogP contribution >= 0.6 is 22.6 Å². The summed E-state index contributed by atoms with van der Waals surface area (Å²) in [6.07, 6.45) is 4.48. The lowest BCUT2D eigenvalue weighted by molar-refractivity contribution is 0.327. The van der Waals surface area contributed by atoms with Crippen molar-refractivity contribution in [3.8, 4) is 0 Å². The Hall–Kier alpha value is -1.77. The fourth-order valence-electron chi connectivity index (χ4n) is 3.20. The monoisotopic (exact) mass is 435 g/mol. The molecule has 2 aromatic heterocycles. The smallest absolute Gasteiger partial charge is 0.229 e. The van der Waals surface area contributed by atoms with E-state index in [-0.39, 0.29) is 0 Å². The zero-order chi connectivity index (χ0) is 16.5. The highest BCUT2D eigenvalue weighted by molar-refractivity contribution is 14.1. The highest BCUT2D eigenvalue weighted by Gasteiger charge is 2.26. The molecule has 0 N–H and O–H groups in total. The van der Waals surface area contributed by atoms with E-state index in [1.807, 2.05) is 6.92 Å². The summed E-state index contributed by atoms with van der Waals surface area (Å²) in [6, 6.07) is 6.24. The highest BCUT2D eigenvalue weighted by atomic mass is 127. The van der Waals surface area contributed by atoms with Crippen molar-refractivity contribution in [2.45, 2.75) is 32.1 Å². The number of rotatable bonds is 3. The third-order valence-electron chi connectivity index (χ3n) is 4.54. The molecule has 0 saturated carbocycles. The third kappa shape index (κ3) is 2.85. The molecule has 0 amide bonds. The van der Waals surface area contributed by atoms with Crippen LogP contribution in [0.4, 0.5) is 5.82 Å². The third-order valence-corrected chi connectivity index (χ3v) is 5.41. The zero-order valence-corrected chi connectivity index (χ0v) is 15.6. The van der Waals surface area contributed by atoms with Crippen molar-refractivity contribution in [2.24, 2.45) is 0 Å². The summed E-state index contributed by atoms with van der Waals surface area (Å²) in [7, 11) is 0. The summed E-state index contributed by atoms with van der Waals surface area (Å²) in [5.41, 5.74) is 1.02. The van der Waals surface area contributed by atoms with E-state index >= 15 is 0 Å². The number of fused-ring (bicyclic) bond motifs is 1. The van der Waals surface area contributed by atoms with Gasteiger partial charge in [0.1, 0.15) is 12.1 Å². The summed E-state index contributed by atoms with van der Waals surface area (Å²) in [4.78, 5) is 15.8. The topological polar surface area (TPSA) is 67.9 Å². The molecule has 1 saturated heterocycles. The maximum atomic E-state index is 5.42. The molecule has 0 bridgehead atoms. The number of hydrogen-bond acceptors (Lipinski definition) is 6. The van der Waals surface area contributed by atoms with Crippen LogP contribution in [0.15, 0.2) is 29.0 Å². The predicted molar refractivity (Wildman–Crippen MR) is 100 cm³/mol. The first-order valence-electron chi connectivity index (χ1n) is 8.23. The Bertz CT molecular complexity index is 857. The van der Waals surface area contributed by atoms with E-state index in [0.717, 1.165) is 64.4 Å². The molecule has 124 valence electrons. The standard InChI is InChI=1S/C17H18IN5O/c1-2-14-21-17(24-22-14)11-6-8-23(9-7-11)16-12-4-3-5-13(18)15(12)19-10-20-16/h3-5,10-11H,2,6-9H2,1H3. The first-order valence-corrected chi connectivity index (χ1v) is 9.30. The minimum Gasteiger partial charge on any atom is -0.356 e. The van der Waals surface area contributed by atoms with E-state index < -0.39 is 0 Å². The molecule has 0 atom stereocenters. The van der Waals surface area contributed by atoms with Gasteiger partial charge in [-0.3, -0.25) is 0 Å². The van der Waals surface area contributed by atoms with Gasteiger partial charge in [-0.25, -0.2) is 9.97 Å². The number of nitrogens with zero attached hydrogens (tertiary/aromatic N) is 5. The van der Waals surface area contributed by atoms with Gasteiger partial charge >= 0.3 is 0 Å². The lowest BCUT2D eigenvalue weighted by Gasteiger charge is -2.31. The normalized spacial score (nSPS) is 16.0. The van der Waals surface area contributed by atoms with Crippen LogP contribution in [0, 0.1) is 3.57 Å². The Morgan fingerprint density at radius 1 is 1.25 bits per heavy atom. The molecule has 3 heterocycles. The summed E-state index contributed by atoms with van der Waals surface area (Å²) in [5.74, 6) is 2.96. The van der Waals surface area contributed by atoms with Crippen molar-refractivity contribution in [1.82, 2.24) is 20.1 Å². The quantitative estimate of drug-likeness (QED) is 0.587. The van der Waals surface area contributed by atoms with Crippen LogP contribution in [0.1, 0.15) is 37.4 Å². The SMILES string of the molecule is CCc1noc(C2CCN(c3ncnc4c(I)cccc34)CC2)n1. The fraction of sp³-hybridized carbons (Fsp3) is 0.412. The zero-order valence-electron chi connectivity index (χ0n) is 13.4. The van der Waals surface area contributed by atoms with Crippen molar-refractivity contribution in [1.29, 1.82) is 0 Å². The minimum absolute atomic E-state index is 0.349. The van der Waals surface area contributed by atoms with Crippen LogP contribution in [0.2, 0.25) is 0 Å². The Morgan fingerprint density at radius 2 is 2.08 bits per heavy atom. The van der Waals surface area contributed by atoms with Crippen LogP contribution in [0.25, 0.3) is 10.9 Å². The van der Waals surface area contributed by atoms with E-state index in [2.05, 4.69) is 65.8 Å². The van der Waals surface area contributed by atoms with Gasteiger partial charge in [0.15, 0.2) is 5.82 Å². The summed E-state index contributed by atoms with van der Waals surface area (Å²) in [6.45, 7) is 3.91. The first-order chi connectivity index (χ1) is 11.8. The number of piperidine rings is 1. The molecule has 0 radical (unpaired) electrons. The fourth-order valence-corrected chi connectivity index (χ4v) is 3.84. The Labute approximate surface area is 153 Å². The molecular formula is C17H18IN5O. The lowest BCUT2D eigenvalue weighted by atomic mass is 9.96. The van der Waals surface area contributed by atoms with Crippen molar-refractivity contribution >= 4 is 39.3 Å². The number of para-hydroxylation sites is 1. The van der Waals surface area contributed by atoms with Crippen molar-refractivity contribution in [2.75, 3.05) is 18.0 Å². The van der Waals surface area contributed by atoms with Crippen LogP contribution in [-0.2, 0) is 6.42 Å². The average Bonchev–Trinajstić information content (AvgIpc) is 3.11. The van der Waals surface area contributed by atoms with Crippen LogP contribution in [-0.4, -0.2) is 33.2 Å². The number of benzene rings is 1. The van der Waals surface area contributed by atoms with Crippen molar-refractivity contribution < 1.29 is 4.52 Å². The first kappa shape index (κ1) is 15.7. The van der Waals surface area contributed by atoms with Gasteiger partial charge in [0, 0.05) is 34.4 Å². The van der Waals surface area contributed by atoms with Crippen molar-refractivity contribution in [3.63, 3.8) is 0 Å². The molecule has 0 unspecified atom stereocenters. The number of halogens is 1. The van der Waals surface area contributed by atoms with Gasteiger partial charge in [-0.05, 0) is 47.6 Å². The Morgan fingerprint density at radius 3 is 2.83 bits per heavy atom. The summed E-state index contributed by atoms with van der Waals surface area (Å²) < 4.78 is 6.57. The van der Waals surface area contributed by atoms with Gasteiger partial charge in [-0.15, -0.1) is 0 Å². The van der Waals surface area contributed by atoms with E-state index in [1.165, 1.54) is 0 Å². The van der Waals surface area contributed by atoms with Crippen LogP contribution < -0.4 is 4.90 Å². The predicted octanol–water partition coefficient (Wildman–Crippen LogP) is 3.56. The second kappa shape index (κ2) is 6.62. The molecular weight excluding hydrogens is 417 g/mol. The van der Waals surface area contributed by atoms with Gasteiger partial charge in [0.25, 0.3) is 0 Å². The van der Waals surface area contributed by atoms with Gasteiger partial charge in [0.2, 0.25) is 5.89 Å². The second-order valence-electron chi connectivity index (χ2n) is 6.00. The maximum Gasteiger partial charge on any atom is 0.229 e. The van der Waals surface area contributed by atoms with Crippen molar-refractivity contribution in [3.05, 3.63) is 39.8 Å². The van der Waals surface area contributed by atoms with Gasteiger partial charge in [0.05, 0.1) is 5.52 Å². The molecule has 24 heavy (non-hydrogen) atoms. The molecule has 4 rings (SSSR count). The molecule has 1 aliphatic rings. The molecule has 3 aromatic rings. The van der Waals surface area contributed by atoms with Gasteiger partial charge < -0.3 is 9.42 Å². The Kier molecular flexibility index (Phi) is 4.34. The van der Waals surface area contributed by atoms with E-state index in [9.17, 15) is 0 Å². The summed E-state index contributed by atoms with van der Waals surface area (Å²) >= 11 is 2.33. The second-order valence-corrected chi connectivity index (χ2v) is 7.16. The molecule has 7 heteroatoms. The van der Waals surface area contributed by atoms with E-state index in [0.29, 0.717) is 5.92 Å². The average molecular weight is 435 g/mol. The van der Waals surface area contributed by atoms with E-state index in [1.54, 1.807) is 6.33 Å². The van der Waals surface area contributed by atoms with Crippen LogP contribution in [0.5, 0.6) is 0 Å². The number of aryl methyl sites for hydroxylation is 1. The largest absolute Gasteiger partial charge is 0.356 e. The minimum atomic E-state index is 0.349. The lowest BCUT2D eigenvalue weighted by Crippen LogP contribution is -2.33. The summed E-state index contributed by atoms with van der Waals surface area (Å²) in [5, 5.41) is 5.14. The van der Waals surface area contributed by atoms with E-state index in [4.69, 9.17) is 4.52 Å². The molecule has 6 nitrogen and oxygen atoms in total. The molecule has 0 spiro atoms. The molecule has 1 fully saturated rings. The Balaban J connectivity index is 1.55. The van der Waals surface area contributed by atoms with Gasteiger partial charge in [-0.1, -0.05) is 18.1 Å². The number of anilines is 1. The molecule has 1 aliphatic heterocycles. The van der Waals surface area contributed by atoms with Crippen LogP contribution in [0.3, 0.4) is 0 Å². The maximum absolute atomic E-state index is 5.42. The highest BCUT2D eigenvalue weighted by Crippen LogP contribution is 2.32. The number of aromatic nitrogens is 4. The molecule has 0 aliphatic carbocycles.